The van der Waals surface area contributed by atoms with E-state index in [1.807, 2.05) is 13.8 Å². The molecule has 0 aliphatic heterocycles. The molecule has 1 nitrogen and oxygen atoms in total. The first-order valence-corrected chi connectivity index (χ1v) is 4.09. The number of halogens is 3. The topological polar surface area (TPSA) is 9.23 Å². The molecule has 0 spiro atoms. The summed E-state index contributed by atoms with van der Waals surface area (Å²) in [5.74, 6) is -1.39. The number of rotatable bonds is 3. The van der Waals surface area contributed by atoms with Gasteiger partial charge in [-0.1, -0.05) is 0 Å². The Hall–Kier alpha value is -0.250. The van der Waals surface area contributed by atoms with Crippen LogP contribution in [0.25, 0.3) is 0 Å². The second kappa shape index (κ2) is 3.24. The van der Waals surface area contributed by atoms with E-state index in [4.69, 9.17) is 4.74 Å². The molecule has 1 saturated carbocycles. The summed E-state index contributed by atoms with van der Waals surface area (Å²) < 4.78 is 41.0. The molecule has 1 aliphatic carbocycles. The summed E-state index contributed by atoms with van der Waals surface area (Å²) >= 11 is 0. The molecule has 1 aliphatic rings. The van der Waals surface area contributed by atoms with E-state index in [1.165, 1.54) is 0 Å². The van der Waals surface area contributed by atoms with Gasteiger partial charge in [-0.2, -0.15) is 13.2 Å². The lowest BCUT2D eigenvalue weighted by molar-refractivity contribution is -0.153. The highest BCUT2D eigenvalue weighted by molar-refractivity contribution is 4.91. The van der Waals surface area contributed by atoms with Crippen molar-refractivity contribution in [3.63, 3.8) is 0 Å². The molecule has 0 amide bonds. The fraction of sp³-hybridized carbons (Fsp3) is 1.00. The van der Waals surface area contributed by atoms with E-state index < -0.39 is 12.1 Å². The minimum absolute atomic E-state index is 0.0273. The molecular formula is C8H13F3O. The van der Waals surface area contributed by atoms with Gasteiger partial charge in [-0.15, -0.1) is 0 Å². The van der Waals surface area contributed by atoms with Gasteiger partial charge in [0, 0.05) is 0 Å². The Kier molecular flexibility index (Phi) is 2.66. The standard InChI is InChI=1S/C8H13F3O/c1-5(2)12-4-6-3-7(6)8(9,10)11/h5-7H,3-4H2,1-2H3/t6-,7?/m0/s1. The molecule has 1 rings (SSSR count). The van der Waals surface area contributed by atoms with E-state index in [0.29, 0.717) is 0 Å². The van der Waals surface area contributed by atoms with Crippen LogP contribution >= 0.6 is 0 Å². The lowest BCUT2D eigenvalue weighted by atomic mass is 10.3. The molecule has 4 heteroatoms. The Labute approximate surface area is 69.9 Å². The van der Waals surface area contributed by atoms with Crippen LogP contribution in [0, 0.1) is 11.8 Å². The fourth-order valence-corrected chi connectivity index (χ4v) is 1.15. The van der Waals surface area contributed by atoms with E-state index in [9.17, 15) is 13.2 Å². The van der Waals surface area contributed by atoms with Gasteiger partial charge in [-0.05, 0) is 26.2 Å². The summed E-state index contributed by atoms with van der Waals surface area (Å²) in [6, 6.07) is 0. The van der Waals surface area contributed by atoms with Crippen LogP contribution in [0.4, 0.5) is 13.2 Å². The molecule has 0 N–H and O–H groups in total. The van der Waals surface area contributed by atoms with Crippen LogP contribution in [-0.2, 0) is 4.74 Å². The van der Waals surface area contributed by atoms with Crippen molar-refractivity contribution < 1.29 is 17.9 Å². The Morgan fingerprint density at radius 1 is 1.42 bits per heavy atom. The minimum atomic E-state index is -4.01. The van der Waals surface area contributed by atoms with Crippen molar-refractivity contribution in [2.24, 2.45) is 11.8 Å². The van der Waals surface area contributed by atoms with Crippen LogP contribution in [-0.4, -0.2) is 18.9 Å². The van der Waals surface area contributed by atoms with Crippen LogP contribution < -0.4 is 0 Å². The van der Waals surface area contributed by atoms with Crippen molar-refractivity contribution in [1.29, 1.82) is 0 Å². The van der Waals surface area contributed by atoms with E-state index in [1.54, 1.807) is 0 Å². The zero-order valence-electron chi connectivity index (χ0n) is 7.19. The van der Waals surface area contributed by atoms with Gasteiger partial charge < -0.3 is 4.74 Å². The summed E-state index contributed by atoms with van der Waals surface area (Å²) in [5, 5.41) is 0. The normalized spacial score (nSPS) is 29.5. The Bertz CT molecular complexity index is 153. The maximum atomic E-state index is 12.0. The first kappa shape index (κ1) is 9.84. The summed E-state index contributed by atoms with van der Waals surface area (Å²) in [7, 11) is 0. The number of ether oxygens (including phenoxy) is 1. The first-order valence-electron chi connectivity index (χ1n) is 4.09. The number of hydrogen-bond acceptors (Lipinski definition) is 1. The van der Waals surface area contributed by atoms with E-state index >= 15 is 0 Å². The summed E-state index contributed by atoms with van der Waals surface area (Å²) in [4.78, 5) is 0. The molecule has 0 radical (unpaired) electrons. The van der Waals surface area contributed by atoms with Crippen molar-refractivity contribution in [3.8, 4) is 0 Å². The molecule has 2 atom stereocenters. The highest BCUT2D eigenvalue weighted by Crippen LogP contribution is 2.50. The molecule has 1 unspecified atom stereocenters. The molecular weight excluding hydrogens is 169 g/mol. The summed E-state index contributed by atoms with van der Waals surface area (Å²) in [5.41, 5.74) is 0. The van der Waals surface area contributed by atoms with Crippen molar-refractivity contribution in [2.45, 2.75) is 32.5 Å². The van der Waals surface area contributed by atoms with Crippen molar-refractivity contribution in [1.82, 2.24) is 0 Å². The minimum Gasteiger partial charge on any atom is -0.378 e. The molecule has 0 heterocycles. The van der Waals surface area contributed by atoms with E-state index in [2.05, 4.69) is 0 Å². The van der Waals surface area contributed by atoms with Gasteiger partial charge in [0.05, 0.1) is 18.6 Å². The molecule has 0 bridgehead atoms. The molecule has 72 valence electrons. The molecule has 0 aromatic heterocycles. The largest absolute Gasteiger partial charge is 0.392 e. The highest BCUT2D eigenvalue weighted by Gasteiger charge is 2.55. The van der Waals surface area contributed by atoms with Crippen LogP contribution in [0.3, 0.4) is 0 Å². The summed E-state index contributed by atoms with van der Waals surface area (Å²) in [6.07, 6.45) is -3.74. The van der Waals surface area contributed by atoms with Gasteiger partial charge in [0.25, 0.3) is 0 Å². The maximum Gasteiger partial charge on any atom is 0.392 e. The van der Waals surface area contributed by atoms with Gasteiger partial charge in [0.2, 0.25) is 0 Å². The van der Waals surface area contributed by atoms with E-state index in [0.717, 1.165) is 0 Å². The average molecular weight is 182 g/mol. The van der Waals surface area contributed by atoms with Crippen LogP contribution in [0.5, 0.6) is 0 Å². The first-order chi connectivity index (χ1) is 5.41. The van der Waals surface area contributed by atoms with Crippen molar-refractivity contribution in [3.05, 3.63) is 0 Å². The van der Waals surface area contributed by atoms with Gasteiger partial charge in [-0.3, -0.25) is 0 Å². The third kappa shape index (κ3) is 2.66. The van der Waals surface area contributed by atoms with Crippen LogP contribution in [0.15, 0.2) is 0 Å². The van der Waals surface area contributed by atoms with Gasteiger partial charge in [-0.25, -0.2) is 0 Å². The highest BCUT2D eigenvalue weighted by atomic mass is 19.4. The second-order valence-electron chi connectivity index (χ2n) is 3.53. The zero-order chi connectivity index (χ0) is 9.35. The Balaban J connectivity index is 2.16. The monoisotopic (exact) mass is 182 g/mol. The smallest absolute Gasteiger partial charge is 0.378 e. The third-order valence-corrected chi connectivity index (χ3v) is 1.99. The molecule has 0 aromatic rings. The molecule has 12 heavy (non-hydrogen) atoms. The van der Waals surface area contributed by atoms with E-state index in [-0.39, 0.29) is 25.0 Å². The maximum absolute atomic E-state index is 12.0. The molecule has 0 saturated heterocycles. The number of alkyl halides is 3. The lowest BCUT2D eigenvalue weighted by Gasteiger charge is -2.08. The zero-order valence-corrected chi connectivity index (χ0v) is 7.19. The van der Waals surface area contributed by atoms with Gasteiger partial charge >= 0.3 is 6.18 Å². The SMILES string of the molecule is CC(C)OC[C@@H]1CC1C(F)(F)F. The van der Waals surface area contributed by atoms with Crippen molar-refractivity contribution in [2.75, 3.05) is 6.61 Å². The average Bonchev–Trinajstić information content (AvgIpc) is 2.59. The van der Waals surface area contributed by atoms with Gasteiger partial charge in [0.15, 0.2) is 0 Å². The Morgan fingerprint density at radius 3 is 2.33 bits per heavy atom. The summed E-state index contributed by atoms with van der Waals surface area (Å²) in [6.45, 7) is 3.90. The van der Waals surface area contributed by atoms with Gasteiger partial charge in [0.1, 0.15) is 0 Å². The number of hydrogen-bond donors (Lipinski definition) is 0. The molecule has 1 fully saturated rings. The predicted molar refractivity (Wildman–Crippen MR) is 38.7 cm³/mol. The fourth-order valence-electron chi connectivity index (χ4n) is 1.15. The second-order valence-corrected chi connectivity index (χ2v) is 3.53. The lowest BCUT2D eigenvalue weighted by Crippen LogP contribution is -2.14. The van der Waals surface area contributed by atoms with Crippen molar-refractivity contribution >= 4 is 0 Å². The Morgan fingerprint density at radius 2 is 2.00 bits per heavy atom. The van der Waals surface area contributed by atoms with Crippen LogP contribution in [0.2, 0.25) is 0 Å². The quantitative estimate of drug-likeness (QED) is 0.651. The molecule has 0 aromatic carbocycles. The third-order valence-electron chi connectivity index (χ3n) is 1.99. The van der Waals surface area contributed by atoms with Crippen LogP contribution in [0.1, 0.15) is 20.3 Å². The predicted octanol–water partition coefficient (Wildman–Crippen LogP) is 2.61.